The van der Waals surface area contributed by atoms with Crippen molar-refractivity contribution in [3.8, 4) is 5.75 Å². The Hall–Kier alpha value is -3.60. The SMILES string of the molecule is COc1ccc(C=C(C(=O)N2CCc3ccccc3C2)n2ccccc2=O)cc1. The van der Waals surface area contributed by atoms with E-state index in [1.54, 1.807) is 36.4 Å². The van der Waals surface area contributed by atoms with Gasteiger partial charge in [-0.25, -0.2) is 0 Å². The van der Waals surface area contributed by atoms with E-state index in [-0.39, 0.29) is 11.5 Å². The van der Waals surface area contributed by atoms with Crippen molar-refractivity contribution >= 4 is 17.7 Å². The van der Waals surface area contributed by atoms with Crippen molar-refractivity contribution in [1.29, 1.82) is 0 Å². The molecule has 0 bridgehead atoms. The zero-order valence-corrected chi connectivity index (χ0v) is 16.2. The highest BCUT2D eigenvalue weighted by molar-refractivity contribution is 6.18. The molecule has 0 saturated carbocycles. The van der Waals surface area contributed by atoms with Crippen molar-refractivity contribution in [3.63, 3.8) is 0 Å². The van der Waals surface area contributed by atoms with Gasteiger partial charge in [0.2, 0.25) is 0 Å². The first kappa shape index (κ1) is 18.7. The molecule has 5 heteroatoms. The lowest BCUT2D eigenvalue weighted by atomic mass is 9.99. The van der Waals surface area contributed by atoms with Crippen LogP contribution >= 0.6 is 0 Å². The number of carbonyl (C=O) groups excluding carboxylic acids is 1. The average molecular weight is 386 g/mol. The summed E-state index contributed by atoms with van der Waals surface area (Å²) in [4.78, 5) is 27.7. The Kier molecular flexibility index (Phi) is 5.29. The molecule has 0 atom stereocenters. The maximum absolute atomic E-state index is 13.5. The van der Waals surface area contributed by atoms with Crippen LogP contribution in [-0.4, -0.2) is 29.0 Å². The Bertz CT molecular complexity index is 1110. The number of carbonyl (C=O) groups is 1. The molecular weight excluding hydrogens is 364 g/mol. The number of pyridine rings is 1. The van der Waals surface area contributed by atoms with Gasteiger partial charge in [0, 0.05) is 25.4 Å². The summed E-state index contributed by atoms with van der Waals surface area (Å²) in [6.45, 7) is 1.16. The van der Waals surface area contributed by atoms with Crippen molar-refractivity contribution in [2.24, 2.45) is 0 Å². The number of benzene rings is 2. The first-order chi connectivity index (χ1) is 14.2. The van der Waals surface area contributed by atoms with Gasteiger partial charge in [0.25, 0.3) is 11.5 Å². The van der Waals surface area contributed by atoms with Gasteiger partial charge in [-0.05, 0) is 47.4 Å². The van der Waals surface area contributed by atoms with E-state index in [0.29, 0.717) is 18.8 Å². The molecule has 5 nitrogen and oxygen atoms in total. The van der Waals surface area contributed by atoms with E-state index >= 15 is 0 Å². The lowest BCUT2D eigenvalue weighted by Gasteiger charge is -2.30. The normalized spacial score (nSPS) is 13.7. The number of fused-ring (bicyclic) bond motifs is 1. The fraction of sp³-hybridized carbons (Fsp3) is 0.167. The van der Waals surface area contributed by atoms with E-state index in [4.69, 9.17) is 4.74 Å². The third-order valence-corrected chi connectivity index (χ3v) is 5.14. The Balaban J connectivity index is 1.72. The summed E-state index contributed by atoms with van der Waals surface area (Å²) in [5.41, 5.74) is 3.34. The van der Waals surface area contributed by atoms with E-state index in [2.05, 4.69) is 12.1 Å². The molecule has 0 aliphatic carbocycles. The van der Waals surface area contributed by atoms with Crippen molar-refractivity contribution in [2.75, 3.05) is 13.7 Å². The van der Waals surface area contributed by atoms with Gasteiger partial charge in [-0.1, -0.05) is 42.5 Å². The van der Waals surface area contributed by atoms with Gasteiger partial charge in [-0.2, -0.15) is 0 Å². The quantitative estimate of drug-likeness (QED) is 0.646. The minimum Gasteiger partial charge on any atom is -0.497 e. The van der Waals surface area contributed by atoms with Crippen molar-refractivity contribution in [3.05, 3.63) is 100.0 Å². The van der Waals surface area contributed by atoms with Crippen LogP contribution in [0.15, 0.2) is 77.7 Å². The van der Waals surface area contributed by atoms with Gasteiger partial charge < -0.3 is 9.64 Å². The third kappa shape index (κ3) is 3.99. The molecule has 0 radical (unpaired) electrons. The molecule has 0 N–H and O–H groups in total. The molecule has 4 rings (SSSR count). The number of hydrogen-bond acceptors (Lipinski definition) is 3. The van der Waals surface area contributed by atoms with Crippen molar-refractivity contribution < 1.29 is 9.53 Å². The minimum absolute atomic E-state index is 0.163. The summed E-state index contributed by atoms with van der Waals surface area (Å²) >= 11 is 0. The summed E-state index contributed by atoms with van der Waals surface area (Å²) in [6.07, 6.45) is 4.19. The molecule has 146 valence electrons. The number of aromatic nitrogens is 1. The zero-order chi connectivity index (χ0) is 20.2. The standard InChI is InChI=1S/C24H22N2O3/c1-29-21-11-9-18(10-12-21)16-22(26-14-5-4-8-23(26)27)24(28)25-15-13-19-6-2-3-7-20(19)17-25/h2-12,14,16H,13,15,17H2,1H3. The molecule has 1 aromatic heterocycles. The van der Waals surface area contributed by atoms with Crippen LogP contribution in [0.25, 0.3) is 11.8 Å². The van der Waals surface area contributed by atoms with Crippen LogP contribution < -0.4 is 10.3 Å². The lowest BCUT2D eigenvalue weighted by Crippen LogP contribution is -2.38. The molecule has 29 heavy (non-hydrogen) atoms. The Morgan fingerprint density at radius 2 is 1.69 bits per heavy atom. The highest BCUT2D eigenvalue weighted by Gasteiger charge is 2.24. The Morgan fingerprint density at radius 1 is 0.966 bits per heavy atom. The van der Waals surface area contributed by atoms with Gasteiger partial charge in [0.05, 0.1) is 7.11 Å². The smallest absolute Gasteiger partial charge is 0.271 e. The fourth-order valence-corrected chi connectivity index (χ4v) is 3.55. The minimum atomic E-state index is -0.238. The van der Waals surface area contributed by atoms with Crippen LogP contribution in [0.3, 0.4) is 0 Å². The van der Waals surface area contributed by atoms with Crippen LogP contribution in [0.4, 0.5) is 0 Å². The van der Waals surface area contributed by atoms with Crippen LogP contribution in [-0.2, 0) is 17.8 Å². The number of methoxy groups -OCH3 is 1. The van der Waals surface area contributed by atoms with Gasteiger partial charge >= 0.3 is 0 Å². The maximum Gasteiger partial charge on any atom is 0.271 e. The Labute approximate surface area is 169 Å². The second-order valence-corrected chi connectivity index (χ2v) is 6.96. The molecule has 1 amide bonds. The van der Waals surface area contributed by atoms with Crippen LogP contribution in [0.2, 0.25) is 0 Å². The van der Waals surface area contributed by atoms with E-state index in [9.17, 15) is 9.59 Å². The molecule has 1 aliphatic rings. The monoisotopic (exact) mass is 386 g/mol. The van der Waals surface area contributed by atoms with E-state index in [1.807, 2.05) is 36.4 Å². The number of hydrogen-bond donors (Lipinski definition) is 0. The molecule has 1 aliphatic heterocycles. The predicted octanol–water partition coefficient (Wildman–Crippen LogP) is 3.44. The predicted molar refractivity (Wildman–Crippen MR) is 113 cm³/mol. The molecular formula is C24H22N2O3. The van der Waals surface area contributed by atoms with Crippen LogP contribution in [0.5, 0.6) is 5.75 Å². The van der Waals surface area contributed by atoms with Gasteiger partial charge in [-0.15, -0.1) is 0 Å². The van der Waals surface area contributed by atoms with Gasteiger partial charge in [-0.3, -0.25) is 14.2 Å². The van der Waals surface area contributed by atoms with E-state index < -0.39 is 0 Å². The average Bonchev–Trinajstić information content (AvgIpc) is 2.77. The first-order valence-electron chi connectivity index (χ1n) is 9.55. The highest BCUT2D eigenvalue weighted by atomic mass is 16.5. The molecule has 2 aromatic carbocycles. The summed E-state index contributed by atoms with van der Waals surface area (Å²) in [5, 5.41) is 0. The summed E-state index contributed by atoms with van der Waals surface area (Å²) in [5.74, 6) is 0.572. The van der Waals surface area contributed by atoms with Gasteiger partial charge in [0.15, 0.2) is 0 Å². The molecule has 0 spiro atoms. The molecule has 0 unspecified atom stereocenters. The second-order valence-electron chi connectivity index (χ2n) is 6.96. The molecule has 0 saturated heterocycles. The largest absolute Gasteiger partial charge is 0.497 e. The lowest BCUT2D eigenvalue weighted by molar-refractivity contribution is -0.126. The second kappa shape index (κ2) is 8.19. The molecule has 3 aromatic rings. The summed E-state index contributed by atoms with van der Waals surface area (Å²) in [6, 6.07) is 20.4. The Morgan fingerprint density at radius 3 is 2.41 bits per heavy atom. The molecule has 2 heterocycles. The number of nitrogens with zero attached hydrogens (tertiary/aromatic N) is 2. The zero-order valence-electron chi connectivity index (χ0n) is 16.2. The van der Waals surface area contributed by atoms with Crippen LogP contribution in [0, 0.1) is 0 Å². The van der Waals surface area contributed by atoms with Gasteiger partial charge in [0.1, 0.15) is 11.4 Å². The number of rotatable bonds is 4. The number of amides is 1. The van der Waals surface area contributed by atoms with E-state index in [0.717, 1.165) is 23.3 Å². The summed E-state index contributed by atoms with van der Waals surface area (Å²) < 4.78 is 6.61. The third-order valence-electron chi connectivity index (χ3n) is 5.14. The highest BCUT2D eigenvalue weighted by Crippen LogP contribution is 2.22. The topological polar surface area (TPSA) is 51.5 Å². The van der Waals surface area contributed by atoms with Crippen molar-refractivity contribution in [2.45, 2.75) is 13.0 Å². The van der Waals surface area contributed by atoms with Crippen LogP contribution in [0.1, 0.15) is 16.7 Å². The fourth-order valence-electron chi connectivity index (χ4n) is 3.55. The van der Waals surface area contributed by atoms with E-state index in [1.165, 1.54) is 16.2 Å². The maximum atomic E-state index is 13.5. The molecule has 0 fully saturated rings. The summed E-state index contributed by atoms with van der Waals surface area (Å²) in [7, 11) is 1.61. The first-order valence-corrected chi connectivity index (χ1v) is 9.55. The number of ether oxygens (including phenoxy) is 1. The van der Waals surface area contributed by atoms with Crippen molar-refractivity contribution in [1.82, 2.24) is 9.47 Å².